The van der Waals surface area contributed by atoms with Crippen LogP contribution in [0, 0.1) is 0 Å². The van der Waals surface area contributed by atoms with Gasteiger partial charge in [0, 0.05) is 6.04 Å². The van der Waals surface area contributed by atoms with E-state index in [1.54, 1.807) is 12.1 Å². The number of hydrogen-bond acceptors (Lipinski definition) is 4. The Labute approximate surface area is 134 Å². The minimum absolute atomic E-state index is 0.119. The van der Waals surface area contributed by atoms with Crippen molar-refractivity contribution in [1.29, 1.82) is 0 Å². The van der Waals surface area contributed by atoms with Crippen LogP contribution in [0.1, 0.15) is 42.5 Å². The highest BCUT2D eigenvalue weighted by atomic mass is 16.5. The zero-order valence-corrected chi connectivity index (χ0v) is 12.8. The number of carbonyl (C=O) groups is 3. The quantitative estimate of drug-likeness (QED) is 0.760. The van der Waals surface area contributed by atoms with Crippen LogP contribution in [0.4, 0.5) is 4.79 Å². The molecule has 1 fully saturated rings. The summed E-state index contributed by atoms with van der Waals surface area (Å²) in [5.41, 5.74) is 5.41. The molecule has 2 rings (SSSR count). The van der Waals surface area contributed by atoms with Crippen LogP contribution in [0.15, 0.2) is 24.3 Å². The maximum atomic E-state index is 11.7. The monoisotopic (exact) mass is 319 g/mol. The molecule has 0 heterocycles. The summed E-state index contributed by atoms with van der Waals surface area (Å²) in [5, 5.41) is 4.99. The van der Waals surface area contributed by atoms with Crippen LogP contribution in [0.3, 0.4) is 0 Å². The first kappa shape index (κ1) is 16.8. The van der Waals surface area contributed by atoms with Crippen molar-refractivity contribution in [2.45, 2.75) is 38.1 Å². The Morgan fingerprint density at radius 1 is 1.13 bits per heavy atom. The van der Waals surface area contributed by atoms with Crippen LogP contribution in [-0.4, -0.2) is 30.5 Å². The van der Waals surface area contributed by atoms with Gasteiger partial charge in [-0.25, -0.2) is 4.79 Å². The van der Waals surface area contributed by atoms with E-state index in [0.717, 1.165) is 25.7 Å². The number of para-hydroxylation sites is 1. The fourth-order valence-electron chi connectivity index (χ4n) is 2.57. The number of ether oxygens (including phenoxy) is 1. The van der Waals surface area contributed by atoms with Gasteiger partial charge in [0.05, 0.1) is 5.56 Å². The summed E-state index contributed by atoms with van der Waals surface area (Å²) < 4.78 is 5.26. The Kier molecular flexibility index (Phi) is 5.96. The van der Waals surface area contributed by atoms with Crippen molar-refractivity contribution in [3.63, 3.8) is 0 Å². The fourth-order valence-corrected chi connectivity index (χ4v) is 2.57. The highest BCUT2D eigenvalue weighted by molar-refractivity contribution is 5.96. The SMILES string of the molecule is NC(=O)c1ccccc1OCC(=O)NC(=O)NC1CCCCC1. The van der Waals surface area contributed by atoms with Gasteiger partial charge in [-0.1, -0.05) is 31.4 Å². The Morgan fingerprint density at radius 3 is 2.52 bits per heavy atom. The lowest BCUT2D eigenvalue weighted by molar-refractivity contribution is -0.122. The smallest absolute Gasteiger partial charge is 0.321 e. The topological polar surface area (TPSA) is 111 Å². The number of nitrogens with two attached hydrogens (primary N) is 1. The first-order chi connectivity index (χ1) is 11.1. The van der Waals surface area contributed by atoms with Crippen molar-refractivity contribution in [2.24, 2.45) is 5.73 Å². The van der Waals surface area contributed by atoms with Gasteiger partial charge in [-0.2, -0.15) is 0 Å². The second-order valence-corrected chi connectivity index (χ2v) is 5.51. The number of hydrogen-bond donors (Lipinski definition) is 3. The van der Waals surface area contributed by atoms with Crippen LogP contribution in [0.2, 0.25) is 0 Å². The summed E-state index contributed by atoms with van der Waals surface area (Å²) >= 11 is 0. The summed E-state index contributed by atoms with van der Waals surface area (Å²) in [7, 11) is 0. The number of urea groups is 1. The van der Waals surface area contributed by atoms with Crippen LogP contribution in [-0.2, 0) is 4.79 Å². The van der Waals surface area contributed by atoms with E-state index in [2.05, 4.69) is 10.6 Å². The van der Waals surface area contributed by atoms with E-state index < -0.39 is 17.8 Å². The lowest BCUT2D eigenvalue weighted by atomic mass is 9.96. The Balaban J connectivity index is 1.78. The van der Waals surface area contributed by atoms with Crippen molar-refractivity contribution < 1.29 is 19.1 Å². The summed E-state index contributed by atoms with van der Waals surface area (Å²) in [6.45, 7) is -0.373. The predicted molar refractivity (Wildman–Crippen MR) is 84.0 cm³/mol. The Morgan fingerprint density at radius 2 is 1.83 bits per heavy atom. The van der Waals surface area contributed by atoms with Gasteiger partial charge in [0.25, 0.3) is 11.8 Å². The number of benzene rings is 1. The molecule has 124 valence electrons. The van der Waals surface area contributed by atoms with Crippen molar-refractivity contribution in [2.75, 3.05) is 6.61 Å². The predicted octanol–water partition coefficient (Wildman–Crippen LogP) is 1.32. The first-order valence-corrected chi connectivity index (χ1v) is 7.68. The molecule has 0 spiro atoms. The van der Waals surface area contributed by atoms with E-state index in [9.17, 15) is 14.4 Å². The largest absolute Gasteiger partial charge is 0.483 e. The molecule has 1 aliphatic carbocycles. The van der Waals surface area contributed by atoms with Gasteiger partial charge in [-0.15, -0.1) is 0 Å². The molecule has 0 unspecified atom stereocenters. The Hall–Kier alpha value is -2.57. The summed E-state index contributed by atoms with van der Waals surface area (Å²) in [5.74, 6) is -1.02. The number of amides is 4. The van der Waals surface area contributed by atoms with Crippen LogP contribution in [0.5, 0.6) is 5.75 Å². The lowest BCUT2D eigenvalue weighted by Crippen LogP contribution is -2.46. The van der Waals surface area contributed by atoms with Gasteiger partial charge < -0.3 is 15.8 Å². The van der Waals surface area contributed by atoms with Crippen molar-refractivity contribution in [3.05, 3.63) is 29.8 Å². The molecule has 1 aromatic rings. The summed E-state index contributed by atoms with van der Waals surface area (Å²) in [6.07, 6.45) is 5.23. The molecule has 0 radical (unpaired) electrons. The normalized spacial score (nSPS) is 14.8. The van der Waals surface area contributed by atoms with Crippen molar-refractivity contribution in [1.82, 2.24) is 10.6 Å². The Bertz CT molecular complexity index is 582. The number of imide groups is 1. The molecule has 4 amide bonds. The third-order valence-corrected chi connectivity index (χ3v) is 3.70. The molecule has 7 nitrogen and oxygen atoms in total. The maximum absolute atomic E-state index is 11.7. The number of nitrogens with one attached hydrogen (secondary N) is 2. The average molecular weight is 319 g/mol. The minimum atomic E-state index is -0.643. The molecule has 0 aliphatic heterocycles. The molecule has 0 saturated heterocycles. The van der Waals surface area contributed by atoms with E-state index in [1.165, 1.54) is 18.6 Å². The molecular formula is C16H21N3O4. The third kappa shape index (κ3) is 5.28. The van der Waals surface area contributed by atoms with Gasteiger partial charge in [-0.05, 0) is 25.0 Å². The second-order valence-electron chi connectivity index (χ2n) is 5.51. The van der Waals surface area contributed by atoms with Gasteiger partial charge in [0.15, 0.2) is 6.61 Å². The molecule has 1 aromatic carbocycles. The fraction of sp³-hybridized carbons (Fsp3) is 0.438. The van der Waals surface area contributed by atoms with E-state index >= 15 is 0 Å². The molecule has 4 N–H and O–H groups in total. The van der Waals surface area contributed by atoms with Crippen LogP contribution >= 0.6 is 0 Å². The average Bonchev–Trinajstić information content (AvgIpc) is 2.54. The zero-order valence-electron chi connectivity index (χ0n) is 12.8. The number of primary amides is 1. The maximum Gasteiger partial charge on any atom is 0.321 e. The lowest BCUT2D eigenvalue weighted by Gasteiger charge is -2.22. The van der Waals surface area contributed by atoms with Gasteiger partial charge >= 0.3 is 6.03 Å². The standard InChI is InChI=1S/C16H21N3O4/c17-15(21)12-8-4-5-9-13(12)23-10-14(20)19-16(22)18-11-6-2-1-3-7-11/h4-5,8-9,11H,1-3,6-7,10H2,(H2,17,21)(H2,18,19,20,22). The molecule has 1 aliphatic rings. The molecule has 1 saturated carbocycles. The zero-order chi connectivity index (χ0) is 16.7. The van der Waals surface area contributed by atoms with Gasteiger partial charge in [-0.3, -0.25) is 14.9 Å². The molecule has 23 heavy (non-hydrogen) atoms. The molecule has 7 heteroatoms. The van der Waals surface area contributed by atoms with Gasteiger partial charge in [0.1, 0.15) is 5.75 Å². The van der Waals surface area contributed by atoms with E-state index in [-0.39, 0.29) is 24.0 Å². The number of rotatable bonds is 5. The molecule has 0 aromatic heterocycles. The van der Waals surface area contributed by atoms with Crippen molar-refractivity contribution in [3.8, 4) is 5.75 Å². The highest BCUT2D eigenvalue weighted by Crippen LogP contribution is 2.17. The summed E-state index contributed by atoms with van der Waals surface area (Å²) in [4.78, 5) is 34.7. The molecule has 0 atom stereocenters. The van der Waals surface area contributed by atoms with Gasteiger partial charge in [0.2, 0.25) is 0 Å². The van der Waals surface area contributed by atoms with Crippen molar-refractivity contribution >= 4 is 17.8 Å². The molecule has 0 bridgehead atoms. The molecular weight excluding hydrogens is 298 g/mol. The van der Waals surface area contributed by atoms with E-state index in [4.69, 9.17) is 10.5 Å². The van der Waals surface area contributed by atoms with E-state index in [1.807, 2.05) is 0 Å². The highest BCUT2D eigenvalue weighted by Gasteiger charge is 2.17. The van der Waals surface area contributed by atoms with Crippen LogP contribution < -0.4 is 21.1 Å². The first-order valence-electron chi connectivity index (χ1n) is 7.68. The summed E-state index contributed by atoms with van der Waals surface area (Å²) in [6, 6.07) is 5.95. The number of carbonyl (C=O) groups excluding carboxylic acids is 3. The third-order valence-electron chi connectivity index (χ3n) is 3.70. The second kappa shape index (κ2) is 8.17. The minimum Gasteiger partial charge on any atom is -0.483 e. The van der Waals surface area contributed by atoms with E-state index in [0.29, 0.717) is 0 Å². The van der Waals surface area contributed by atoms with Crippen LogP contribution in [0.25, 0.3) is 0 Å².